The molecule has 0 spiro atoms. The Hall–Kier alpha value is 0.440. The van der Waals surface area contributed by atoms with Gasteiger partial charge in [-0.25, -0.2) is 0 Å². The highest BCUT2D eigenvalue weighted by molar-refractivity contribution is 9.09. The van der Waals surface area contributed by atoms with Crippen molar-refractivity contribution < 1.29 is 0 Å². The van der Waals surface area contributed by atoms with Gasteiger partial charge in [-0.1, -0.05) is 15.9 Å². The van der Waals surface area contributed by atoms with Crippen LogP contribution in [0.2, 0.25) is 0 Å². The van der Waals surface area contributed by atoms with Gasteiger partial charge in [0.2, 0.25) is 0 Å². The van der Waals surface area contributed by atoms with Crippen LogP contribution in [0.3, 0.4) is 0 Å². The molecule has 2 aliphatic rings. The standard InChI is InChI=1S/C5H8BrN/c6-5-3-1-7-2-4(3)5/h3-5,7H,1-2H2. The molecule has 2 heteroatoms. The lowest BCUT2D eigenvalue weighted by Crippen LogP contribution is -2.14. The number of hydrogen-bond donors (Lipinski definition) is 1. The molecule has 1 aliphatic heterocycles. The fourth-order valence-corrected chi connectivity index (χ4v) is 2.32. The number of hydrogen-bond acceptors (Lipinski definition) is 1. The molecular weight excluding hydrogens is 154 g/mol. The van der Waals surface area contributed by atoms with Gasteiger partial charge in [0.25, 0.3) is 0 Å². The summed E-state index contributed by atoms with van der Waals surface area (Å²) in [5.74, 6) is 1.97. The fraction of sp³-hybridized carbons (Fsp3) is 1.00. The summed E-state index contributed by atoms with van der Waals surface area (Å²) in [4.78, 5) is 0.869. The average Bonchev–Trinajstić information content (AvgIpc) is 2.26. The van der Waals surface area contributed by atoms with Gasteiger partial charge in [0.1, 0.15) is 0 Å². The van der Waals surface area contributed by atoms with E-state index in [1.807, 2.05) is 0 Å². The van der Waals surface area contributed by atoms with Crippen LogP contribution in [-0.2, 0) is 0 Å². The summed E-state index contributed by atoms with van der Waals surface area (Å²) in [7, 11) is 0. The largest absolute Gasteiger partial charge is 0.316 e. The molecule has 1 nitrogen and oxygen atoms in total. The zero-order valence-corrected chi connectivity index (χ0v) is 5.61. The first-order valence-electron chi connectivity index (χ1n) is 2.74. The fourth-order valence-electron chi connectivity index (χ4n) is 1.34. The van der Waals surface area contributed by atoms with Gasteiger partial charge in [-0.2, -0.15) is 0 Å². The summed E-state index contributed by atoms with van der Waals surface area (Å²) >= 11 is 3.59. The van der Waals surface area contributed by atoms with E-state index in [0.717, 1.165) is 16.7 Å². The third-order valence-corrected chi connectivity index (χ3v) is 3.35. The Morgan fingerprint density at radius 3 is 2.14 bits per heavy atom. The molecule has 2 unspecified atom stereocenters. The maximum absolute atomic E-state index is 3.59. The highest BCUT2D eigenvalue weighted by Gasteiger charge is 2.50. The van der Waals surface area contributed by atoms with E-state index < -0.39 is 0 Å². The quantitative estimate of drug-likeness (QED) is 0.514. The summed E-state index contributed by atoms with van der Waals surface area (Å²) in [6, 6.07) is 0. The number of alkyl halides is 1. The van der Waals surface area contributed by atoms with Crippen LogP contribution in [0.1, 0.15) is 0 Å². The highest BCUT2D eigenvalue weighted by atomic mass is 79.9. The van der Waals surface area contributed by atoms with Crippen molar-refractivity contribution >= 4 is 15.9 Å². The highest BCUT2D eigenvalue weighted by Crippen LogP contribution is 2.47. The van der Waals surface area contributed by atoms with E-state index in [4.69, 9.17) is 0 Å². The minimum Gasteiger partial charge on any atom is -0.316 e. The molecule has 1 N–H and O–H groups in total. The lowest BCUT2D eigenvalue weighted by atomic mass is 10.4. The number of nitrogens with one attached hydrogen (secondary N) is 1. The number of fused-ring (bicyclic) bond motifs is 1. The summed E-state index contributed by atoms with van der Waals surface area (Å²) in [6.07, 6.45) is 0. The van der Waals surface area contributed by atoms with Crippen LogP contribution < -0.4 is 5.32 Å². The van der Waals surface area contributed by atoms with Gasteiger partial charge < -0.3 is 5.32 Å². The summed E-state index contributed by atoms with van der Waals surface area (Å²) in [6.45, 7) is 2.50. The van der Waals surface area contributed by atoms with Gasteiger partial charge in [0.05, 0.1) is 0 Å². The Morgan fingerprint density at radius 1 is 1.29 bits per heavy atom. The number of rotatable bonds is 0. The minimum absolute atomic E-state index is 0.869. The summed E-state index contributed by atoms with van der Waals surface area (Å²) in [5, 5.41) is 3.32. The molecule has 0 bridgehead atoms. The van der Waals surface area contributed by atoms with E-state index in [-0.39, 0.29) is 0 Å². The molecule has 2 atom stereocenters. The second kappa shape index (κ2) is 1.23. The van der Waals surface area contributed by atoms with E-state index >= 15 is 0 Å². The van der Waals surface area contributed by atoms with E-state index in [1.54, 1.807) is 0 Å². The van der Waals surface area contributed by atoms with Crippen molar-refractivity contribution in [2.24, 2.45) is 11.8 Å². The monoisotopic (exact) mass is 161 g/mol. The van der Waals surface area contributed by atoms with Crippen molar-refractivity contribution in [3.63, 3.8) is 0 Å². The molecule has 1 heterocycles. The molecule has 2 rings (SSSR count). The zero-order valence-electron chi connectivity index (χ0n) is 4.02. The zero-order chi connectivity index (χ0) is 4.85. The predicted octanol–water partition coefficient (Wildman–Crippen LogP) is 0.599. The van der Waals surface area contributed by atoms with Gasteiger partial charge in [-0.3, -0.25) is 0 Å². The smallest absolute Gasteiger partial charge is 0.0233 e. The Balaban J connectivity index is 2.06. The van der Waals surface area contributed by atoms with Crippen LogP contribution in [0.5, 0.6) is 0 Å². The molecule has 0 aromatic heterocycles. The molecule has 1 saturated carbocycles. The molecular formula is C5H8BrN. The van der Waals surface area contributed by atoms with Crippen molar-refractivity contribution in [1.82, 2.24) is 5.32 Å². The van der Waals surface area contributed by atoms with E-state index in [1.165, 1.54) is 13.1 Å². The first kappa shape index (κ1) is 4.33. The molecule has 2 fully saturated rings. The van der Waals surface area contributed by atoms with Crippen LogP contribution in [0.4, 0.5) is 0 Å². The molecule has 0 amide bonds. The molecule has 0 radical (unpaired) electrons. The second-order valence-electron chi connectivity index (χ2n) is 2.43. The molecule has 0 aromatic carbocycles. The Kier molecular flexibility index (Phi) is 0.762. The van der Waals surface area contributed by atoms with Crippen molar-refractivity contribution in [1.29, 1.82) is 0 Å². The van der Waals surface area contributed by atoms with Crippen molar-refractivity contribution in [2.45, 2.75) is 4.83 Å². The molecule has 40 valence electrons. The summed E-state index contributed by atoms with van der Waals surface area (Å²) in [5.41, 5.74) is 0. The van der Waals surface area contributed by atoms with Crippen LogP contribution in [0.25, 0.3) is 0 Å². The Morgan fingerprint density at radius 2 is 1.86 bits per heavy atom. The normalized spacial score (nSPS) is 57.0. The lowest BCUT2D eigenvalue weighted by molar-refractivity contribution is 0.741. The Labute approximate surface area is 51.6 Å². The molecule has 0 aromatic rings. The minimum atomic E-state index is 0.869. The SMILES string of the molecule is BrC1C2CNCC12. The van der Waals surface area contributed by atoms with Crippen molar-refractivity contribution in [3.8, 4) is 0 Å². The molecule has 7 heavy (non-hydrogen) atoms. The van der Waals surface area contributed by atoms with E-state index in [9.17, 15) is 0 Å². The number of piperidine rings is 1. The van der Waals surface area contributed by atoms with Crippen LogP contribution in [0.15, 0.2) is 0 Å². The third kappa shape index (κ3) is 0.470. The predicted molar refractivity (Wildman–Crippen MR) is 32.6 cm³/mol. The maximum atomic E-state index is 3.59. The van der Waals surface area contributed by atoms with Gasteiger partial charge in [0.15, 0.2) is 0 Å². The van der Waals surface area contributed by atoms with Gasteiger partial charge in [-0.15, -0.1) is 0 Å². The van der Waals surface area contributed by atoms with Gasteiger partial charge in [0, 0.05) is 4.83 Å². The van der Waals surface area contributed by atoms with E-state index in [0.29, 0.717) is 0 Å². The van der Waals surface area contributed by atoms with Crippen LogP contribution in [0, 0.1) is 11.8 Å². The van der Waals surface area contributed by atoms with Gasteiger partial charge in [-0.05, 0) is 24.9 Å². The first-order valence-corrected chi connectivity index (χ1v) is 3.66. The van der Waals surface area contributed by atoms with Gasteiger partial charge >= 0.3 is 0 Å². The third-order valence-electron chi connectivity index (χ3n) is 1.99. The molecule has 1 aliphatic carbocycles. The van der Waals surface area contributed by atoms with Crippen LogP contribution >= 0.6 is 15.9 Å². The van der Waals surface area contributed by atoms with Crippen molar-refractivity contribution in [2.75, 3.05) is 13.1 Å². The topological polar surface area (TPSA) is 12.0 Å². The molecule has 1 saturated heterocycles. The Bertz CT molecular complexity index is 84.1. The van der Waals surface area contributed by atoms with Crippen molar-refractivity contribution in [3.05, 3.63) is 0 Å². The number of halogens is 1. The van der Waals surface area contributed by atoms with Crippen LogP contribution in [-0.4, -0.2) is 17.9 Å². The maximum Gasteiger partial charge on any atom is 0.0233 e. The first-order chi connectivity index (χ1) is 3.39. The summed E-state index contributed by atoms with van der Waals surface area (Å²) < 4.78 is 0. The average molecular weight is 162 g/mol. The van der Waals surface area contributed by atoms with E-state index in [2.05, 4.69) is 21.2 Å². The lowest BCUT2D eigenvalue weighted by Gasteiger charge is -1.92. The second-order valence-corrected chi connectivity index (χ2v) is 3.49.